The van der Waals surface area contributed by atoms with Crippen LogP contribution in [-0.4, -0.2) is 45.9 Å². The van der Waals surface area contributed by atoms with Crippen LogP contribution in [0.3, 0.4) is 0 Å². The van der Waals surface area contributed by atoms with E-state index in [1.807, 2.05) is 6.92 Å². The van der Waals surface area contributed by atoms with Gasteiger partial charge in [-0.25, -0.2) is 13.4 Å². The van der Waals surface area contributed by atoms with Crippen LogP contribution < -0.4 is 0 Å². The summed E-state index contributed by atoms with van der Waals surface area (Å²) >= 11 is 0. The van der Waals surface area contributed by atoms with Crippen LogP contribution in [0.4, 0.5) is 0 Å². The van der Waals surface area contributed by atoms with Gasteiger partial charge in [-0.3, -0.25) is 4.79 Å². The van der Waals surface area contributed by atoms with Crippen molar-refractivity contribution < 1.29 is 18.3 Å². The molecule has 0 bridgehead atoms. The summed E-state index contributed by atoms with van der Waals surface area (Å²) in [6.07, 6.45) is 2.78. The summed E-state index contributed by atoms with van der Waals surface area (Å²) in [7, 11) is -2.68. The van der Waals surface area contributed by atoms with E-state index in [-0.39, 0.29) is 5.03 Å². The van der Waals surface area contributed by atoms with Crippen molar-refractivity contribution in [2.24, 2.45) is 0 Å². The molecule has 18 heavy (non-hydrogen) atoms. The van der Waals surface area contributed by atoms with Crippen molar-refractivity contribution in [3.05, 3.63) is 12.5 Å². The third-order valence-corrected chi connectivity index (χ3v) is 4.83. The molecule has 0 saturated carbocycles. The minimum atomic E-state index is -3.91. The van der Waals surface area contributed by atoms with Crippen molar-refractivity contribution in [2.75, 3.05) is 7.05 Å². The van der Waals surface area contributed by atoms with Crippen LogP contribution in [0.1, 0.15) is 20.8 Å². The van der Waals surface area contributed by atoms with Gasteiger partial charge in [0.05, 0.1) is 6.33 Å². The quantitative estimate of drug-likeness (QED) is 0.839. The van der Waals surface area contributed by atoms with Crippen LogP contribution in [0.25, 0.3) is 0 Å². The van der Waals surface area contributed by atoms with Gasteiger partial charge >= 0.3 is 5.97 Å². The lowest BCUT2D eigenvalue weighted by molar-refractivity contribution is -0.145. The first-order valence-corrected chi connectivity index (χ1v) is 6.82. The third-order valence-electron chi connectivity index (χ3n) is 2.91. The molecule has 0 fully saturated rings. The van der Waals surface area contributed by atoms with Crippen LogP contribution in [0.5, 0.6) is 0 Å². The van der Waals surface area contributed by atoms with Crippen molar-refractivity contribution in [2.45, 2.75) is 37.9 Å². The molecule has 0 unspecified atom stereocenters. The summed E-state index contributed by atoms with van der Waals surface area (Å²) in [5.74, 6) is -1.22. The molecule has 0 aliphatic rings. The van der Waals surface area contributed by atoms with E-state index in [1.165, 1.54) is 33.4 Å². The van der Waals surface area contributed by atoms with Gasteiger partial charge in [-0.05, 0) is 20.8 Å². The van der Waals surface area contributed by atoms with Crippen LogP contribution in [0.2, 0.25) is 0 Å². The molecule has 8 heteroatoms. The number of rotatable bonds is 5. The molecule has 0 amide bonds. The normalized spacial score (nSPS) is 12.9. The van der Waals surface area contributed by atoms with E-state index in [0.717, 1.165) is 4.31 Å². The summed E-state index contributed by atoms with van der Waals surface area (Å²) < 4.78 is 26.8. The first-order valence-electron chi connectivity index (χ1n) is 5.38. The average Bonchev–Trinajstić information content (AvgIpc) is 2.76. The number of carboxylic acids is 1. The predicted molar refractivity (Wildman–Crippen MR) is 64.6 cm³/mol. The van der Waals surface area contributed by atoms with Crippen LogP contribution in [0.15, 0.2) is 17.6 Å². The van der Waals surface area contributed by atoms with E-state index in [9.17, 15) is 13.2 Å². The molecule has 7 nitrogen and oxygen atoms in total. The number of carbonyl (C=O) groups is 1. The second-order valence-corrected chi connectivity index (χ2v) is 6.30. The highest BCUT2D eigenvalue weighted by molar-refractivity contribution is 7.89. The summed E-state index contributed by atoms with van der Waals surface area (Å²) in [5, 5.41) is 8.89. The van der Waals surface area contributed by atoms with Crippen LogP contribution >= 0.6 is 0 Å². The number of carboxylic acid groups (broad SMARTS) is 1. The van der Waals surface area contributed by atoms with E-state index in [0.29, 0.717) is 6.54 Å². The molecule has 1 N–H and O–H groups in total. The Labute approximate surface area is 106 Å². The average molecular weight is 275 g/mol. The summed E-state index contributed by atoms with van der Waals surface area (Å²) in [6.45, 7) is 5.09. The van der Waals surface area contributed by atoms with Crippen molar-refractivity contribution in [3.8, 4) is 0 Å². The van der Waals surface area contributed by atoms with Gasteiger partial charge in [0.15, 0.2) is 5.03 Å². The number of aryl methyl sites for hydroxylation is 1. The summed E-state index contributed by atoms with van der Waals surface area (Å²) in [4.78, 5) is 14.9. The number of hydrogen-bond donors (Lipinski definition) is 1. The smallest absolute Gasteiger partial charge is 0.324 e. The van der Waals surface area contributed by atoms with Gasteiger partial charge in [-0.2, -0.15) is 4.31 Å². The van der Waals surface area contributed by atoms with E-state index in [2.05, 4.69) is 4.98 Å². The van der Waals surface area contributed by atoms with Crippen LogP contribution in [-0.2, 0) is 21.4 Å². The molecule has 102 valence electrons. The Bertz CT molecular complexity index is 547. The highest BCUT2D eigenvalue weighted by atomic mass is 32.2. The van der Waals surface area contributed by atoms with Gasteiger partial charge in [0, 0.05) is 19.8 Å². The first-order chi connectivity index (χ1) is 8.14. The molecular formula is C10H17N3O4S. The fraction of sp³-hybridized carbons (Fsp3) is 0.600. The van der Waals surface area contributed by atoms with E-state index in [1.54, 1.807) is 4.57 Å². The maximum absolute atomic E-state index is 12.2. The molecule has 1 rings (SSSR count). The largest absolute Gasteiger partial charge is 0.480 e. The second kappa shape index (κ2) is 4.69. The van der Waals surface area contributed by atoms with Gasteiger partial charge in [0.1, 0.15) is 5.54 Å². The molecule has 1 heterocycles. The first kappa shape index (κ1) is 14.7. The van der Waals surface area contributed by atoms with E-state index >= 15 is 0 Å². The van der Waals surface area contributed by atoms with Crippen molar-refractivity contribution in [3.63, 3.8) is 0 Å². The third kappa shape index (κ3) is 2.39. The highest BCUT2D eigenvalue weighted by Gasteiger charge is 2.40. The number of likely N-dealkylation sites (N-methyl/N-ethyl adjacent to an activating group) is 1. The Morgan fingerprint density at radius 1 is 1.56 bits per heavy atom. The standard InChI is InChI=1S/C10H17N3O4S/c1-5-13-6-8(11-7-13)18(16,17)12(4)10(2,3)9(14)15/h6-7H,5H2,1-4H3,(H,14,15). The lowest BCUT2D eigenvalue weighted by Gasteiger charge is -2.29. The Kier molecular flexibility index (Phi) is 3.82. The fourth-order valence-electron chi connectivity index (χ4n) is 1.22. The minimum Gasteiger partial charge on any atom is -0.480 e. The Balaban J connectivity index is 3.18. The number of aromatic nitrogens is 2. The van der Waals surface area contributed by atoms with E-state index < -0.39 is 21.5 Å². The molecule has 1 aromatic heterocycles. The summed E-state index contributed by atoms with van der Waals surface area (Å²) in [5.41, 5.74) is -1.53. The lowest BCUT2D eigenvalue weighted by Crippen LogP contribution is -2.50. The van der Waals surface area contributed by atoms with Gasteiger partial charge in [0.25, 0.3) is 10.0 Å². The highest BCUT2D eigenvalue weighted by Crippen LogP contribution is 2.21. The molecule has 0 spiro atoms. The Morgan fingerprint density at radius 2 is 2.11 bits per heavy atom. The van der Waals surface area contributed by atoms with Gasteiger partial charge in [-0.1, -0.05) is 0 Å². The van der Waals surface area contributed by atoms with Crippen molar-refractivity contribution in [1.29, 1.82) is 0 Å². The molecule has 0 aromatic carbocycles. The van der Waals surface area contributed by atoms with Crippen molar-refractivity contribution in [1.82, 2.24) is 13.9 Å². The Hall–Kier alpha value is -1.41. The maximum Gasteiger partial charge on any atom is 0.324 e. The Morgan fingerprint density at radius 3 is 2.50 bits per heavy atom. The van der Waals surface area contributed by atoms with Gasteiger partial charge < -0.3 is 9.67 Å². The van der Waals surface area contributed by atoms with Crippen LogP contribution in [0, 0.1) is 0 Å². The summed E-state index contributed by atoms with van der Waals surface area (Å²) in [6, 6.07) is 0. The molecule has 1 aromatic rings. The zero-order chi connectivity index (χ0) is 14.1. The van der Waals surface area contributed by atoms with E-state index in [4.69, 9.17) is 5.11 Å². The fourth-order valence-corrected chi connectivity index (χ4v) is 2.63. The minimum absolute atomic E-state index is 0.152. The topological polar surface area (TPSA) is 92.5 Å². The number of hydrogen-bond acceptors (Lipinski definition) is 4. The SMILES string of the molecule is CCn1cnc(S(=O)(=O)N(C)C(C)(C)C(=O)O)c1. The molecule has 0 saturated heterocycles. The zero-order valence-corrected chi connectivity index (χ0v) is 11.6. The monoisotopic (exact) mass is 275 g/mol. The molecular weight excluding hydrogens is 258 g/mol. The van der Waals surface area contributed by atoms with Gasteiger partial charge in [-0.15, -0.1) is 0 Å². The zero-order valence-electron chi connectivity index (χ0n) is 10.8. The number of nitrogens with zero attached hydrogens (tertiary/aromatic N) is 3. The van der Waals surface area contributed by atoms with Gasteiger partial charge in [0.2, 0.25) is 0 Å². The number of imidazole rings is 1. The number of sulfonamides is 1. The molecule has 0 aliphatic carbocycles. The van der Waals surface area contributed by atoms with Crippen molar-refractivity contribution >= 4 is 16.0 Å². The predicted octanol–water partition coefficient (Wildman–Crippen LogP) is 0.387. The molecule has 0 atom stereocenters. The molecule has 0 radical (unpaired) electrons. The second-order valence-electron chi connectivity index (χ2n) is 4.38. The lowest BCUT2D eigenvalue weighted by atomic mass is 10.1. The molecule has 0 aliphatic heterocycles. The maximum atomic E-state index is 12.2. The number of aliphatic carboxylic acids is 1.